The van der Waals surface area contributed by atoms with Crippen LogP contribution in [0.25, 0.3) is 0 Å². The highest BCUT2D eigenvalue weighted by Gasteiger charge is 1.92. The minimum absolute atomic E-state index is 0.630. The van der Waals surface area contributed by atoms with Crippen molar-refractivity contribution >= 4 is 17.8 Å². The second-order valence-electron chi connectivity index (χ2n) is 2.30. The van der Waals surface area contributed by atoms with Gasteiger partial charge in [0.2, 0.25) is 0 Å². The summed E-state index contributed by atoms with van der Waals surface area (Å²) in [4.78, 5) is 4.09. The van der Waals surface area contributed by atoms with E-state index in [1.54, 1.807) is 12.3 Å². The number of hydrogen-bond acceptors (Lipinski definition) is 1. The molecule has 0 amide bonds. The number of aliphatic imine (C=N–C) groups is 1. The van der Waals surface area contributed by atoms with Crippen molar-refractivity contribution < 1.29 is 0 Å². The van der Waals surface area contributed by atoms with Crippen LogP contribution < -0.4 is 0 Å². The molecule has 0 radical (unpaired) electrons. The van der Waals surface area contributed by atoms with Gasteiger partial charge >= 0.3 is 0 Å². The fraction of sp³-hybridized carbons (Fsp3) is 0.100. The van der Waals surface area contributed by atoms with Crippen molar-refractivity contribution in [3.63, 3.8) is 0 Å². The molecule has 0 aliphatic rings. The maximum absolute atomic E-state index is 5.89. The van der Waals surface area contributed by atoms with E-state index in [1.165, 1.54) is 0 Å². The van der Waals surface area contributed by atoms with Crippen LogP contribution in [0.5, 0.6) is 0 Å². The summed E-state index contributed by atoms with van der Waals surface area (Å²) in [7, 11) is 0. The molecule has 0 saturated heterocycles. The summed E-state index contributed by atoms with van der Waals surface area (Å²) in [6.07, 6.45) is 3.50. The Kier molecular flexibility index (Phi) is 3.55. The molecule has 0 bridgehead atoms. The minimum Gasteiger partial charge on any atom is -0.288 e. The van der Waals surface area contributed by atoms with Crippen LogP contribution in [0.1, 0.15) is 5.56 Å². The molecule has 0 spiro atoms. The van der Waals surface area contributed by atoms with E-state index in [0.29, 0.717) is 6.54 Å². The average molecular weight is 180 g/mol. The van der Waals surface area contributed by atoms with Crippen molar-refractivity contribution in [2.75, 3.05) is 6.54 Å². The third-order valence-electron chi connectivity index (χ3n) is 1.37. The molecule has 1 rings (SSSR count). The monoisotopic (exact) mass is 179 g/mol. The zero-order valence-corrected chi connectivity index (χ0v) is 7.46. The van der Waals surface area contributed by atoms with Crippen molar-refractivity contribution in [2.45, 2.75) is 0 Å². The molecule has 0 unspecified atom stereocenters. The SMILES string of the molecule is C=CC/N=C/c1ccccc1Cl. The summed E-state index contributed by atoms with van der Waals surface area (Å²) in [5.74, 6) is 0. The Hall–Kier alpha value is -1.08. The summed E-state index contributed by atoms with van der Waals surface area (Å²) < 4.78 is 0. The lowest BCUT2D eigenvalue weighted by Gasteiger charge is -1.94. The Morgan fingerprint density at radius 3 is 2.83 bits per heavy atom. The highest BCUT2D eigenvalue weighted by Crippen LogP contribution is 2.12. The molecule has 62 valence electrons. The molecule has 12 heavy (non-hydrogen) atoms. The first-order valence-electron chi connectivity index (χ1n) is 3.70. The quantitative estimate of drug-likeness (QED) is 0.500. The molecule has 1 nitrogen and oxygen atoms in total. The smallest absolute Gasteiger partial charge is 0.0567 e. The van der Waals surface area contributed by atoms with Gasteiger partial charge in [-0.1, -0.05) is 35.9 Å². The lowest BCUT2D eigenvalue weighted by molar-refractivity contribution is 1.26. The molecule has 0 aromatic heterocycles. The van der Waals surface area contributed by atoms with Crippen LogP contribution in [0.3, 0.4) is 0 Å². The van der Waals surface area contributed by atoms with Crippen LogP contribution in [0.2, 0.25) is 5.02 Å². The van der Waals surface area contributed by atoms with E-state index in [2.05, 4.69) is 11.6 Å². The minimum atomic E-state index is 0.630. The van der Waals surface area contributed by atoms with Gasteiger partial charge in [0.1, 0.15) is 0 Å². The van der Waals surface area contributed by atoms with Gasteiger partial charge in [0, 0.05) is 16.8 Å². The van der Waals surface area contributed by atoms with Crippen LogP contribution in [0, 0.1) is 0 Å². The van der Waals surface area contributed by atoms with E-state index >= 15 is 0 Å². The Balaban J connectivity index is 2.74. The average Bonchev–Trinajstić information content (AvgIpc) is 2.09. The van der Waals surface area contributed by atoms with Crippen molar-refractivity contribution in [1.29, 1.82) is 0 Å². The summed E-state index contributed by atoms with van der Waals surface area (Å²) in [5.41, 5.74) is 0.945. The molecule has 0 aliphatic carbocycles. The molecule has 0 atom stereocenters. The van der Waals surface area contributed by atoms with Crippen molar-refractivity contribution in [2.24, 2.45) is 4.99 Å². The van der Waals surface area contributed by atoms with E-state index < -0.39 is 0 Å². The third kappa shape index (κ3) is 2.51. The van der Waals surface area contributed by atoms with Gasteiger partial charge in [-0.25, -0.2) is 0 Å². The first kappa shape index (κ1) is 9.01. The van der Waals surface area contributed by atoms with Gasteiger partial charge < -0.3 is 0 Å². The number of halogens is 1. The summed E-state index contributed by atoms with van der Waals surface area (Å²) in [6.45, 7) is 4.20. The fourth-order valence-corrected chi connectivity index (χ4v) is 0.990. The Morgan fingerprint density at radius 1 is 1.42 bits per heavy atom. The highest BCUT2D eigenvalue weighted by atomic mass is 35.5. The molecule has 0 N–H and O–H groups in total. The largest absolute Gasteiger partial charge is 0.288 e. The zero-order valence-electron chi connectivity index (χ0n) is 6.70. The van der Waals surface area contributed by atoms with E-state index in [9.17, 15) is 0 Å². The standard InChI is InChI=1S/C10H10ClN/c1-2-7-12-8-9-5-3-4-6-10(9)11/h2-6,8H,1,7H2/b12-8+. The van der Waals surface area contributed by atoms with Crippen molar-refractivity contribution in [3.05, 3.63) is 47.5 Å². The number of nitrogens with zero attached hydrogens (tertiary/aromatic N) is 1. The Bertz CT molecular complexity index is 292. The number of hydrogen-bond donors (Lipinski definition) is 0. The summed E-state index contributed by atoms with van der Waals surface area (Å²) >= 11 is 5.89. The molecule has 2 heteroatoms. The lowest BCUT2D eigenvalue weighted by Crippen LogP contribution is -1.82. The maximum atomic E-state index is 5.89. The zero-order chi connectivity index (χ0) is 8.81. The second-order valence-corrected chi connectivity index (χ2v) is 2.71. The third-order valence-corrected chi connectivity index (χ3v) is 1.71. The Morgan fingerprint density at radius 2 is 2.17 bits per heavy atom. The van der Waals surface area contributed by atoms with Gasteiger partial charge in [-0.05, 0) is 6.07 Å². The van der Waals surface area contributed by atoms with E-state index in [1.807, 2.05) is 24.3 Å². The van der Waals surface area contributed by atoms with E-state index in [0.717, 1.165) is 10.6 Å². The molecule has 0 saturated carbocycles. The molecular formula is C10H10ClN. The van der Waals surface area contributed by atoms with E-state index in [-0.39, 0.29) is 0 Å². The number of rotatable bonds is 3. The molecular weight excluding hydrogens is 170 g/mol. The van der Waals surface area contributed by atoms with Crippen LogP contribution in [0.15, 0.2) is 41.9 Å². The van der Waals surface area contributed by atoms with Crippen LogP contribution in [-0.2, 0) is 0 Å². The maximum Gasteiger partial charge on any atom is 0.0567 e. The first-order chi connectivity index (χ1) is 5.84. The second kappa shape index (κ2) is 4.73. The molecule has 1 aromatic rings. The Labute approximate surface area is 77.4 Å². The van der Waals surface area contributed by atoms with E-state index in [4.69, 9.17) is 11.6 Å². The molecule has 0 aliphatic heterocycles. The molecule has 0 heterocycles. The normalized spacial score (nSPS) is 10.4. The number of benzene rings is 1. The lowest BCUT2D eigenvalue weighted by atomic mass is 10.2. The van der Waals surface area contributed by atoms with Gasteiger partial charge in [0.05, 0.1) is 6.54 Å². The topological polar surface area (TPSA) is 12.4 Å². The van der Waals surface area contributed by atoms with Crippen LogP contribution in [0.4, 0.5) is 0 Å². The fourth-order valence-electron chi connectivity index (χ4n) is 0.805. The summed E-state index contributed by atoms with van der Waals surface area (Å²) in [5, 5.41) is 0.727. The van der Waals surface area contributed by atoms with Crippen LogP contribution in [-0.4, -0.2) is 12.8 Å². The van der Waals surface area contributed by atoms with Gasteiger partial charge in [0.25, 0.3) is 0 Å². The van der Waals surface area contributed by atoms with Gasteiger partial charge in [0.15, 0.2) is 0 Å². The van der Waals surface area contributed by atoms with Crippen molar-refractivity contribution in [3.8, 4) is 0 Å². The predicted molar refractivity (Wildman–Crippen MR) is 54.1 cm³/mol. The predicted octanol–water partition coefficient (Wildman–Crippen LogP) is 2.94. The van der Waals surface area contributed by atoms with Gasteiger partial charge in [-0.2, -0.15) is 0 Å². The summed E-state index contributed by atoms with van der Waals surface area (Å²) in [6, 6.07) is 7.60. The van der Waals surface area contributed by atoms with Crippen molar-refractivity contribution in [1.82, 2.24) is 0 Å². The van der Waals surface area contributed by atoms with Gasteiger partial charge in [-0.15, -0.1) is 6.58 Å². The highest BCUT2D eigenvalue weighted by molar-refractivity contribution is 6.33. The van der Waals surface area contributed by atoms with Crippen LogP contribution >= 0.6 is 11.6 Å². The van der Waals surface area contributed by atoms with Gasteiger partial charge in [-0.3, -0.25) is 4.99 Å². The first-order valence-corrected chi connectivity index (χ1v) is 4.07. The molecule has 1 aromatic carbocycles. The molecule has 0 fully saturated rings.